The molecule has 0 saturated carbocycles. The van der Waals surface area contributed by atoms with Crippen molar-refractivity contribution in [3.05, 3.63) is 42.4 Å². The van der Waals surface area contributed by atoms with Crippen molar-refractivity contribution in [1.29, 1.82) is 0 Å². The third-order valence-electron chi connectivity index (χ3n) is 2.93. The Morgan fingerprint density at radius 2 is 2.11 bits per heavy atom. The number of nitrogens with zero attached hydrogens (tertiary/aromatic N) is 3. The summed E-state index contributed by atoms with van der Waals surface area (Å²) in [5.41, 5.74) is 1.85. The monoisotopic (exact) mass is 254 g/mol. The van der Waals surface area contributed by atoms with Crippen molar-refractivity contribution in [2.45, 2.75) is 6.42 Å². The number of rotatable bonds is 4. The van der Waals surface area contributed by atoms with E-state index in [-0.39, 0.29) is 0 Å². The van der Waals surface area contributed by atoms with E-state index >= 15 is 0 Å². The van der Waals surface area contributed by atoms with Crippen LogP contribution in [0.5, 0.6) is 0 Å². The molecule has 0 amide bonds. The molecule has 3 rings (SSSR count). The molecule has 0 atom stereocenters. The highest BCUT2D eigenvalue weighted by molar-refractivity contribution is 5.92. The van der Waals surface area contributed by atoms with Gasteiger partial charge in [-0.3, -0.25) is 4.98 Å². The van der Waals surface area contributed by atoms with Crippen LogP contribution in [0.15, 0.2) is 40.9 Å². The van der Waals surface area contributed by atoms with Crippen molar-refractivity contribution in [3.63, 3.8) is 0 Å². The van der Waals surface area contributed by atoms with Gasteiger partial charge in [0.1, 0.15) is 0 Å². The fourth-order valence-corrected chi connectivity index (χ4v) is 1.99. The lowest BCUT2D eigenvalue weighted by molar-refractivity contribution is 0.500. The van der Waals surface area contributed by atoms with Crippen LogP contribution in [-0.2, 0) is 6.42 Å². The van der Waals surface area contributed by atoms with Crippen LogP contribution in [0.1, 0.15) is 5.89 Å². The minimum Gasteiger partial charge on any atom is -0.421 e. The van der Waals surface area contributed by atoms with Gasteiger partial charge in [0.15, 0.2) is 0 Å². The number of nitrogens with one attached hydrogen (secondary N) is 1. The van der Waals surface area contributed by atoms with E-state index in [4.69, 9.17) is 4.42 Å². The lowest BCUT2D eigenvalue weighted by atomic mass is 10.1. The van der Waals surface area contributed by atoms with Gasteiger partial charge in [0, 0.05) is 30.1 Å². The molecule has 1 N–H and O–H groups in total. The minimum atomic E-state index is 0.546. The van der Waals surface area contributed by atoms with Gasteiger partial charge in [0.25, 0.3) is 0 Å². The van der Waals surface area contributed by atoms with Crippen molar-refractivity contribution in [2.75, 3.05) is 13.6 Å². The molecule has 0 bridgehead atoms. The van der Waals surface area contributed by atoms with Crippen molar-refractivity contribution in [1.82, 2.24) is 20.5 Å². The number of hydrogen-bond donors (Lipinski definition) is 1. The quantitative estimate of drug-likeness (QED) is 0.772. The van der Waals surface area contributed by atoms with Gasteiger partial charge in [-0.2, -0.15) is 0 Å². The van der Waals surface area contributed by atoms with Crippen LogP contribution in [0.2, 0.25) is 0 Å². The highest BCUT2D eigenvalue weighted by Gasteiger charge is 2.11. The summed E-state index contributed by atoms with van der Waals surface area (Å²) in [5.74, 6) is 1.19. The van der Waals surface area contributed by atoms with Gasteiger partial charge in [-0.25, -0.2) is 0 Å². The Hall–Kier alpha value is -2.27. The van der Waals surface area contributed by atoms with Crippen molar-refractivity contribution in [3.8, 4) is 11.5 Å². The number of likely N-dealkylation sites (N-methyl/N-ethyl adjacent to an activating group) is 1. The summed E-state index contributed by atoms with van der Waals surface area (Å²) in [5, 5.41) is 12.3. The Labute approximate surface area is 110 Å². The first kappa shape index (κ1) is 11.8. The predicted molar refractivity (Wildman–Crippen MR) is 72.7 cm³/mol. The van der Waals surface area contributed by atoms with E-state index in [1.807, 2.05) is 37.4 Å². The molecular weight excluding hydrogens is 240 g/mol. The zero-order valence-corrected chi connectivity index (χ0v) is 10.6. The minimum absolute atomic E-state index is 0.546. The van der Waals surface area contributed by atoms with Crippen molar-refractivity contribution >= 4 is 10.9 Å². The average Bonchev–Trinajstić information content (AvgIpc) is 2.93. The van der Waals surface area contributed by atoms with Gasteiger partial charge in [0.2, 0.25) is 11.8 Å². The van der Waals surface area contributed by atoms with Gasteiger partial charge in [-0.15, -0.1) is 10.2 Å². The molecule has 1 aromatic carbocycles. The normalized spacial score (nSPS) is 11.0. The fraction of sp³-hybridized carbons (Fsp3) is 0.214. The Balaban J connectivity index is 2.02. The molecule has 96 valence electrons. The van der Waals surface area contributed by atoms with E-state index in [1.54, 1.807) is 6.20 Å². The number of benzene rings is 1. The first-order valence-corrected chi connectivity index (χ1v) is 6.19. The lowest BCUT2D eigenvalue weighted by Gasteiger charge is -2.00. The summed E-state index contributed by atoms with van der Waals surface area (Å²) < 4.78 is 5.69. The highest BCUT2D eigenvalue weighted by atomic mass is 16.4. The molecule has 5 heteroatoms. The summed E-state index contributed by atoms with van der Waals surface area (Å²) in [4.78, 5) is 4.32. The van der Waals surface area contributed by atoms with E-state index in [2.05, 4.69) is 20.5 Å². The van der Waals surface area contributed by atoms with Crippen LogP contribution < -0.4 is 5.32 Å². The highest BCUT2D eigenvalue weighted by Crippen LogP contribution is 2.26. The van der Waals surface area contributed by atoms with Gasteiger partial charge in [-0.05, 0) is 25.2 Å². The third kappa shape index (κ3) is 2.32. The molecule has 0 aliphatic rings. The van der Waals surface area contributed by atoms with Crippen LogP contribution in [0.25, 0.3) is 22.4 Å². The Kier molecular flexibility index (Phi) is 3.20. The predicted octanol–water partition coefficient (Wildman–Crippen LogP) is 2.05. The Morgan fingerprint density at radius 3 is 3.00 bits per heavy atom. The van der Waals surface area contributed by atoms with Crippen LogP contribution in [0.4, 0.5) is 0 Å². The molecule has 0 radical (unpaired) electrons. The van der Waals surface area contributed by atoms with Crippen molar-refractivity contribution in [2.24, 2.45) is 0 Å². The number of hydrogen-bond acceptors (Lipinski definition) is 5. The van der Waals surface area contributed by atoms with Gasteiger partial charge in [-0.1, -0.05) is 12.1 Å². The largest absolute Gasteiger partial charge is 0.421 e. The smallest absolute Gasteiger partial charge is 0.248 e. The summed E-state index contributed by atoms with van der Waals surface area (Å²) in [6.45, 7) is 0.818. The van der Waals surface area contributed by atoms with Gasteiger partial charge in [0.05, 0.1) is 5.52 Å². The maximum Gasteiger partial charge on any atom is 0.248 e. The second-order valence-electron chi connectivity index (χ2n) is 4.23. The molecule has 3 aromatic rings. The van der Waals surface area contributed by atoms with Crippen LogP contribution in [0.3, 0.4) is 0 Å². The number of pyridine rings is 1. The van der Waals surface area contributed by atoms with Crippen LogP contribution in [0, 0.1) is 0 Å². The van der Waals surface area contributed by atoms with Crippen LogP contribution >= 0.6 is 0 Å². The van der Waals surface area contributed by atoms with E-state index in [0.717, 1.165) is 29.4 Å². The standard InChI is InChI=1S/C14H14N4O/c1-15-9-7-13-17-18-14(19-13)11-4-2-6-12-10(11)5-3-8-16-12/h2-6,8,15H,7,9H2,1H3. The fourth-order valence-electron chi connectivity index (χ4n) is 1.99. The molecule has 0 aliphatic carbocycles. The second-order valence-corrected chi connectivity index (χ2v) is 4.23. The molecule has 2 heterocycles. The SMILES string of the molecule is CNCCc1nnc(-c2cccc3ncccc23)o1. The van der Waals surface area contributed by atoms with Gasteiger partial charge < -0.3 is 9.73 Å². The Bertz CT molecular complexity index is 687. The molecule has 19 heavy (non-hydrogen) atoms. The molecule has 0 spiro atoms. The molecule has 0 saturated heterocycles. The third-order valence-corrected chi connectivity index (χ3v) is 2.93. The van der Waals surface area contributed by atoms with E-state index in [0.29, 0.717) is 11.8 Å². The number of fused-ring (bicyclic) bond motifs is 1. The maximum absolute atomic E-state index is 5.69. The molecule has 0 unspecified atom stereocenters. The zero-order chi connectivity index (χ0) is 13.1. The molecule has 0 fully saturated rings. The van der Waals surface area contributed by atoms with E-state index in [1.165, 1.54) is 0 Å². The topological polar surface area (TPSA) is 63.8 Å². The summed E-state index contributed by atoms with van der Waals surface area (Å²) in [6, 6.07) is 9.80. The Morgan fingerprint density at radius 1 is 1.16 bits per heavy atom. The van der Waals surface area contributed by atoms with Crippen molar-refractivity contribution < 1.29 is 4.42 Å². The lowest BCUT2D eigenvalue weighted by Crippen LogP contribution is -2.10. The average molecular weight is 254 g/mol. The summed E-state index contributed by atoms with van der Waals surface area (Å²) in [7, 11) is 1.90. The molecule has 2 aromatic heterocycles. The van der Waals surface area contributed by atoms with Gasteiger partial charge >= 0.3 is 0 Å². The summed E-state index contributed by atoms with van der Waals surface area (Å²) >= 11 is 0. The van der Waals surface area contributed by atoms with E-state index in [9.17, 15) is 0 Å². The molecule has 0 aliphatic heterocycles. The molecular formula is C14H14N4O. The first-order chi connectivity index (χ1) is 9.38. The molecule has 5 nitrogen and oxygen atoms in total. The van der Waals surface area contributed by atoms with E-state index < -0.39 is 0 Å². The van der Waals surface area contributed by atoms with Crippen LogP contribution in [-0.4, -0.2) is 28.8 Å². The zero-order valence-electron chi connectivity index (χ0n) is 10.6. The summed E-state index contributed by atoms with van der Waals surface area (Å²) in [6.07, 6.45) is 2.50. The second kappa shape index (κ2) is 5.16. The first-order valence-electron chi connectivity index (χ1n) is 6.19. The number of aromatic nitrogens is 3. The maximum atomic E-state index is 5.69.